The zero-order valence-corrected chi connectivity index (χ0v) is 20.0. The van der Waals surface area contributed by atoms with Gasteiger partial charge in [-0.05, 0) is 61.9 Å². The summed E-state index contributed by atoms with van der Waals surface area (Å²) in [5, 5.41) is 11.2. The SMILES string of the molecule is CC(O)c1cnc(-c2ccc(C(CC3CCOCC3)c3ccc(S(C)=O)c(Cl)c3)[nH]2)s1. The van der Waals surface area contributed by atoms with E-state index in [1.165, 1.54) is 11.3 Å². The molecule has 1 aromatic carbocycles. The van der Waals surface area contributed by atoms with Crippen LogP contribution in [0, 0.1) is 5.92 Å². The summed E-state index contributed by atoms with van der Waals surface area (Å²) in [5.74, 6) is 0.718. The van der Waals surface area contributed by atoms with Crippen LogP contribution < -0.4 is 0 Å². The number of nitrogens with zero attached hydrogens (tertiary/aromatic N) is 1. The summed E-state index contributed by atoms with van der Waals surface area (Å²) in [6, 6.07) is 10.0. The van der Waals surface area contributed by atoms with E-state index in [1.807, 2.05) is 24.3 Å². The monoisotopic (exact) mass is 478 g/mol. The lowest BCUT2D eigenvalue weighted by molar-refractivity contribution is 0.0626. The van der Waals surface area contributed by atoms with Crippen LogP contribution in [0.25, 0.3) is 10.7 Å². The third-order valence-corrected chi connectivity index (χ3v) is 8.43. The smallest absolute Gasteiger partial charge is 0.139 e. The first-order chi connectivity index (χ1) is 14.9. The van der Waals surface area contributed by atoms with Crippen LogP contribution in [0.5, 0.6) is 0 Å². The predicted octanol–water partition coefficient (Wildman–Crippen LogP) is 5.53. The highest BCUT2D eigenvalue weighted by molar-refractivity contribution is 7.84. The lowest BCUT2D eigenvalue weighted by Gasteiger charge is -2.27. The highest BCUT2D eigenvalue weighted by atomic mass is 35.5. The molecule has 0 amide bonds. The molecule has 8 heteroatoms. The number of rotatable bonds is 7. The van der Waals surface area contributed by atoms with Crippen LogP contribution in [0.15, 0.2) is 41.4 Å². The van der Waals surface area contributed by atoms with Gasteiger partial charge in [0.1, 0.15) is 5.01 Å². The predicted molar refractivity (Wildman–Crippen MR) is 126 cm³/mol. The molecule has 1 saturated heterocycles. The second kappa shape index (κ2) is 9.96. The van der Waals surface area contributed by atoms with Gasteiger partial charge in [0.05, 0.1) is 37.4 Å². The quantitative estimate of drug-likeness (QED) is 0.468. The summed E-state index contributed by atoms with van der Waals surface area (Å²) in [4.78, 5) is 9.54. The maximum Gasteiger partial charge on any atom is 0.139 e. The summed E-state index contributed by atoms with van der Waals surface area (Å²) in [6.07, 6.45) is 5.96. The first-order valence-corrected chi connectivity index (χ1v) is 13.2. The standard InChI is InChI=1S/C23H27ClN2O3S2/c1-14(27)21-13-25-23(30-21)20-5-4-19(26-20)17(11-15-7-9-29-10-8-15)16-3-6-22(31(2)28)18(24)12-16/h3-6,12-15,17,26-27H,7-11H2,1-2H3. The highest BCUT2D eigenvalue weighted by Gasteiger charge is 2.24. The summed E-state index contributed by atoms with van der Waals surface area (Å²) in [7, 11) is -1.12. The molecule has 1 fully saturated rings. The average molecular weight is 479 g/mol. The van der Waals surface area contributed by atoms with Crippen molar-refractivity contribution in [2.75, 3.05) is 19.5 Å². The van der Waals surface area contributed by atoms with Crippen LogP contribution in [0.3, 0.4) is 0 Å². The molecular formula is C23H27ClN2O3S2. The van der Waals surface area contributed by atoms with E-state index < -0.39 is 16.9 Å². The molecule has 1 aliphatic heterocycles. The van der Waals surface area contributed by atoms with E-state index in [1.54, 1.807) is 19.4 Å². The Balaban J connectivity index is 1.66. The van der Waals surface area contributed by atoms with Crippen molar-refractivity contribution in [3.63, 3.8) is 0 Å². The molecule has 2 aromatic heterocycles. The van der Waals surface area contributed by atoms with Crippen LogP contribution in [-0.4, -0.2) is 38.8 Å². The molecule has 0 bridgehead atoms. The van der Waals surface area contributed by atoms with E-state index in [4.69, 9.17) is 16.3 Å². The van der Waals surface area contributed by atoms with Gasteiger partial charge in [-0.1, -0.05) is 17.7 Å². The molecule has 2 N–H and O–H groups in total. The van der Waals surface area contributed by atoms with Crippen LogP contribution in [0.1, 0.15) is 54.3 Å². The number of ether oxygens (including phenoxy) is 1. The van der Waals surface area contributed by atoms with Crippen LogP contribution in [0.4, 0.5) is 0 Å². The molecule has 3 aromatic rings. The fourth-order valence-corrected chi connectivity index (χ4v) is 6.01. The molecule has 0 aliphatic carbocycles. The fourth-order valence-electron chi connectivity index (χ4n) is 4.07. The molecule has 3 atom stereocenters. The van der Waals surface area contributed by atoms with Crippen molar-refractivity contribution in [1.82, 2.24) is 9.97 Å². The minimum Gasteiger partial charge on any atom is -0.388 e. The molecule has 0 radical (unpaired) electrons. The molecule has 31 heavy (non-hydrogen) atoms. The maximum absolute atomic E-state index is 11.9. The van der Waals surface area contributed by atoms with E-state index in [0.29, 0.717) is 15.8 Å². The summed E-state index contributed by atoms with van der Waals surface area (Å²) in [5.41, 5.74) is 3.17. The number of nitrogens with one attached hydrogen (secondary N) is 1. The molecule has 166 valence electrons. The van der Waals surface area contributed by atoms with Crippen molar-refractivity contribution in [2.45, 2.75) is 43.1 Å². The van der Waals surface area contributed by atoms with Crippen molar-refractivity contribution >= 4 is 33.7 Å². The average Bonchev–Trinajstić information content (AvgIpc) is 3.42. The van der Waals surface area contributed by atoms with E-state index in [-0.39, 0.29) is 5.92 Å². The minimum absolute atomic E-state index is 0.143. The van der Waals surface area contributed by atoms with Crippen molar-refractivity contribution < 1.29 is 14.1 Å². The molecule has 5 nitrogen and oxygen atoms in total. The number of aliphatic hydroxyl groups excluding tert-OH is 1. The minimum atomic E-state index is -1.12. The Morgan fingerprint density at radius 3 is 2.74 bits per heavy atom. The molecular weight excluding hydrogens is 452 g/mol. The fraction of sp³-hybridized carbons (Fsp3) is 0.435. The number of benzene rings is 1. The second-order valence-electron chi connectivity index (χ2n) is 8.06. The zero-order valence-electron chi connectivity index (χ0n) is 17.6. The van der Waals surface area contributed by atoms with E-state index >= 15 is 0 Å². The van der Waals surface area contributed by atoms with E-state index in [0.717, 1.165) is 59.3 Å². The van der Waals surface area contributed by atoms with Gasteiger partial charge >= 0.3 is 0 Å². The Kier molecular flexibility index (Phi) is 7.29. The van der Waals surface area contributed by atoms with Gasteiger partial charge in [0.15, 0.2) is 0 Å². The van der Waals surface area contributed by atoms with Crippen molar-refractivity contribution in [3.05, 3.63) is 57.7 Å². The largest absolute Gasteiger partial charge is 0.388 e. The van der Waals surface area contributed by atoms with Gasteiger partial charge in [-0.15, -0.1) is 11.3 Å². The third kappa shape index (κ3) is 5.29. The lowest BCUT2D eigenvalue weighted by atomic mass is 9.83. The Morgan fingerprint density at radius 1 is 1.32 bits per heavy atom. The number of H-pyrrole nitrogens is 1. The third-order valence-electron chi connectivity index (χ3n) is 5.83. The molecule has 3 heterocycles. The summed E-state index contributed by atoms with van der Waals surface area (Å²) < 4.78 is 17.5. The summed E-state index contributed by atoms with van der Waals surface area (Å²) >= 11 is 7.97. The normalized spacial score (nSPS) is 18.1. The topological polar surface area (TPSA) is 75.2 Å². The van der Waals surface area contributed by atoms with Crippen LogP contribution >= 0.6 is 22.9 Å². The van der Waals surface area contributed by atoms with Gasteiger partial charge in [0.25, 0.3) is 0 Å². The maximum atomic E-state index is 11.9. The van der Waals surface area contributed by atoms with Gasteiger partial charge in [0, 0.05) is 37.3 Å². The molecule has 3 unspecified atom stereocenters. The number of hydrogen-bond acceptors (Lipinski definition) is 5. The number of aromatic nitrogens is 2. The van der Waals surface area contributed by atoms with E-state index in [2.05, 4.69) is 16.0 Å². The lowest BCUT2D eigenvalue weighted by Crippen LogP contribution is -2.18. The van der Waals surface area contributed by atoms with Gasteiger partial charge in [-0.25, -0.2) is 4.98 Å². The van der Waals surface area contributed by atoms with Crippen LogP contribution in [-0.2, 0) is 15.5 Å². The number of aliphatic hydroxyl groups is 1. The Labute approximate surface area is 194 Å². The van der Waals surface area contributed by atoms with Crippen molar-refractivity contribution in [1.29, 1.82) is 0 Å². The Bertz CT molecular complexity index is 1060. The number of hydrogen-bond donors (Lipinski definition) is 2. The molecule has 4 rings (SSSR count). The molecule has 1 aliphatic rings. The number of aromatic amines is 1. The van der Waals surface area contributed by atoms with Crippen molar-refractivity contribution in [3.8, 4) is 10.7 Å². The molecule has 0 spiro atoms. The highest BCUT2D eigenvalue weighted by Crippen LogP contribution is 2.37. The molecule has 0 saturated carbocycles. The Hall–Kier alpha value is -1.51. The van der Waals surface area contributed by atoms with E-state index in [9.17, 15) is 9.32 Å². The first kappa shape index (κ1) is 22.7. The van der Waals surface area contributed by atoms with Gasteiger partial charge in [0.2, 0.25) is 0 Å². The second-order valence-corrected chi connectivity index (χ2v) is 10.9. The first-order valence-electron chi connectivity index (χ1n) is 10.5. The van der Waals surface area contributed by atoms with Gasteiger partial charge < -0.3 is 14.8 Å². The number of halogens is 1. The number of thiazole rings is 1. The van der Waals surface area contributed by atoms with Crippen LogP contribution in [0.2, 0.25) is 5.02 Å². The zero-order chi connectivity index (χ0) is 22.0. The van der Waals surface area contributed by atoms with Gasteiger partial charge in [-0.2, -0.15) is 0 Å². The van der Waals surface area contributed by atoms with Crippen molar-refractivity contribution in [2.24, 2.45) is 5.92 Å². The summed E-state index contributed by atoms with van der Waals surface area (Å²) in [6.45, 7) is 3.37. The Morgan fingerprint density at radius 2 is 2.10 bits per heavy atom. The van der Waals surface area contributed by atoms with Gasteiger partial charge in [-0.3, -0.25) is 4.21 Å².